The van der Waals surface area contributed by atoms with Crippen molar-refractivity contribution in [2.75, 3.05) is 20.1 Å². The Balaban J connectivity index is 0.988. The molecule has 4 atom stereocenters. The molecule has 1 aliphatic heterocycles. The third-order valence-electron chi connectivity index (χ3n) is 13.5. The second-order valence-corrected chi connectivity index (χ2v) is 19.0. The normalized spacial score (nSPS) is 20.3. The molecule has 0 radical (unpaired) electrons. The Morgan fingerprint density at radius 2 is 1.68 bits per heavy atom. The van der Waals surface area contributed by atoms with E-state index in [2.05, 4.69) is 50.0 Å². The quantitative estimate of drug-likeness (QED) is 0.0673. The summed E-state index contributed by atoms with van der Waals surface area (Å²) >= 11 is 0. The van der Waals surface area contributed by atoms with Crippen molar-refractivity contribution < 1.29 is 38.7 Å². The van der Waals surface area contributed by atoms with Gasteiger partial charge in [-0.15, -0.1) is 10.2 Å². The molecule has 2 bridgehead atoms. The summed E-state index contributed by atoms with van der Waals surface area (Å²) in [6.45, 7) is 10.5. The van der Waals surface area contributed by atoms with Gasteiger partial charge in [0, 0.05) is 56.3 Å². The van der Waals surface area contributed by atoms with Gasteiger partial charge in [-0.3, -0.25) is 28.7 Å². The summed E-state index contributed by atoms with van der Waals surface area (Å²) in [4.78, 5) is 64.8. The molecule has 0 spiro atoms. The van der Waals surface area contributed by atoms with Crippen LogP contribution in [0.15, 0.2) is 85.3 Å². The topological polar surface area (TPSA) is 223 Å². The van der Waals surface area contributed by atoms with Crippen LogP contribution in [0.2, 0.25) is 0 Å². The number of carbonyl (C=O) groups is 4. The fourth-order valence-electron chi connectivity index (χ4n) is 9.92. The van der Waals surface area contributed by atoms with Gasteiger partial charge in [-0.05, 0) is 104 Å². The van der Waals surface area contributed by atoms with E-state index in [-0.39, 0.29) is 76.5 Å². The largest absolute Gasteiger partial charge is 0.508 e. The molecular weight excluding hydrogens is 865 g/mol. The molecule has 68 heavy (non-hydrogen) atoms. The highest BCUT2D eigenvalue weighted by molar-refractivity contribution is 6.48. The monoisotopic (exact) mass is 925 g/mol. The Labute approximate surface area is 396 Å². The Hall–Kier alpha value is -6.66. The van der Waals surface area contributed by atoms with Gasteiger partial charge in [0.25, 0.3) is 17.7 Å². The van der Waals surface area contributed by atoms with Crippen LogP contribution in [0, 0.1) is 17.8 Å². The third-order valence-corrected chi connectivity index (χ3v) is 13.5. The molecule has 3 aliphatic carbocycles. The van der Waals surface area contributed by atoms with E-state index >= 15 is 0 Å². The van der Waals surface area contributed by atoms with Crippen LogP contribution >= 0.6 is 0 Å². The summed E-state index contributed by atoms with van der Waals surface area (Å²) in [5, 5.41) is 38.9. The minimum Gasteiger partial charge on any atom is -0.508 e. The minimum absolute atomic E-state index is 0.0134. The van der Waals surface area contributed by atoms with Crippen molar-refractivity contribution >= 4 is 30.7 Å². The first kappa shape index (κ1) is 47.8. The van der Waals surface area contributed by atoms with Crippen molar-refractivity contribution in [3.8, 4) is 28.6 Å². The van der Waals surface area contributed by atoms with E-state index in [0.717, 1.165) is 24.8 Å². The zero-order valence-corrected chi connectivity index (χ0v) is 39.4. The molecule has 17 nitrogen and oxygen atoms in total. The smallest absolute Gasteiger partial charge is 0.481 e. The first-order valence-corrected chi connectivity index (χ1v) is 23.6. The van der Waals surface area contributed by atoms with E-state index in [4.69, 9.17) is 9.31 Å². The van der Waals surface area contributed by atoms with Gasteiger partial charge < -0.3 is 40.4 Å². The predicted molar refractivity (Wildman–Crippen MR) is 254 cm³/mol. The van der Waals surface area contributed by atoms with Crippen LogP contribution < -0.4 is 16.0 Å². The first-order chi connectivity index (χ1) is 32.6. The van der Waals surface area contributed by atoms with Crippen molar-refractivity contribution in [3.05, 3.63) is 114 Å². The average Bonchev–Trinajstić information content (AvgIpc) is 3.94. The van der Waals surface area contributed by atoms with E-state index in [1.165, 1.54) is 29.2 Å². The lowest BCUT2D eigenvalue weighted by atomic mass is 9.55. The molecule has 4 fully saturated rings. The summed E-state index contributed by atoms with van der Waals surface area (Å²) in [5.74, 6) is -1.35. The number of aromatic nitrogens is 5. The van der Waals surface area contributed by atoms with Crippen molar-refractivity contribution in [2.24, 2.45) is 17.8 Å². The molecule has 356 valence electrons. The molecule has 18 heteroatoms. The maximum Gasteiger partial charge on any atom is 0.481 e. The summed E-state index contributed by atoms with van der Waals surface area (Å²) < 4.78 is 15.4. The number of phenols is 2. The van der Waals surface area contributed by atoms with Crippen molar-refractivity contribution in [2.45, 2.75) is 103 Å². The lowest BCUT2D eigenvalue weighted by Gasteiger charge is -2.55. The highest BCUT2D eigenvalue weighted by atomic mass is 16.7. The van der Waals surface area contributed by atoms with Gasteiger partial charge >= 0.3 is 7.12 Å². The van der Waals surface area contributed by atoms with E-state index < -0.39 is 36.5 Å². The zero-order valence-electron chi connectivity index (χ0n) is 39.4. The number of hydrogen-bond acceptors (Lipinski definition) is 12. The Morgan fingerprint density at radius 1 is 0.926 bits per heavy atom. The van der Waals surface area contributed by atoms with Gasteiger partial charge in [0.05, 0.1) is 29.4 Å². The van der Waals surface area contributed by atoms with Gasteiger partial charge in [-0.1, -0.05) is 58.0 Å². The molecule has 3 aromatic carbocycles. The number of aromatic hydroxyl groups is 2. The van der Waals surface area contributed by atoms with Gasteiger partial charge in [-0.2, -0.15) is 0 Å². The number of rotatable bonds is 18. The number of hydrogen-bond donors (Lipinski definition) is 5. The van der Waals surface area contributed by atoms with E-state index in [1.807, 2.05) is 44.2 Å². The number of nitrogens with one attached hydrogen (secondary N) is 3. The minimum atomic E-state index is -0.924. The van der Waals surface area contributed by atoms with Crippen LogP contribution in [0.5, 0.6) is 11.5 Å². The molecule has 5 N–H and O–H groups in total. The lowest BCUT2D eigenvalue weighted by Crippen LogP contribution is -2.59. The van der Waals surface area contributed by atoms with Gasteiger partial charge in [0.1, 0.15) is 23.2 Å². The fraction of sp³-hybridized carbons (Fsp3) is 0.440. The Kier molecular flexibility index (Phi) is 14.3. The Morgan fingerprint density at radius 3 is 2.35 bits per heavy atom. The summed E-state index contributed by atoms with van der Waals surface area (Å²) in [6.07, 6.45) is 8.21. The lowest BCUT2D eigenvalue weighted by molar-refractivity contribution is -0.131. The van der Waals surface area contributed by atoms with Crippen LogP contribution in [0.1, 0.15) is 115 Å². The maximum atomic E-state index is 14.3. The molecule has 0 unspecified atom stereocenters. The van der Waals surface area contributed by atoms with Crippen LogP contribution in [0.25, 0.3) is 17.1 Å². The first-order valence-electron chi connectivity index (χ1n) is 23.6. The molecule has 9 rings (SSSR count). The van der Waals surface area contributed by atoms with Crippen molar-refractivity contribution in [1.82, 2.24) is 45.6 Å². The number of carbonyl (C=O) groups excluding carboxylic acids is 4. The number of amides is 4. The fourth-order valence-corrected chi connectivity index (χ4v) is 9.92. The van der Waals surface area contributed by atoms with E-state index in [0.29, 0.717) is 48.7 Å². The second kappa shape index (κ2) is 20.3. The van der Waals surface area contributed by atoms with Gasteiger partial charge in [0.2, 0.25) is 11.7 Å². The molecule has 5 aromatic rings. The van der Waals surface area contributed by atoms with Crippen LogP contribution in [-0.2, 0) is 20.5 Å². The molecule has 1 saturated heterocycles. The van der Waals surface area contributed by atoms with Crippen LogP contribution in [0.3, 0.4) is 0 Å². The van der Waals surface area contributed by atoms with Gasteiger partial charge in [-0.25, -0.2) is 4.98 Å². The Bertz CT molecular complexity index is 2610. The second-order valence-electron chi connectivity index (χ2n) is 19.0. The van der Waals surface area contributed by atoms with Gasteiger partial charge in [0.15, 0.2) is 5.82 Å². The summed E-state index contributed by atoms with van der Waals surface area (Å²) in [7, 11) is 1.01. The molecule has 4 amide bonds. The van der Waals surface area contributed by atoms with E-state index in [1.54, 1.807) is 49.2 Å². The summed E-state index contributed by atoms with van der Waals surface area (Å²) in [5.41, 5.74) is 2.08. The maximum absolute atomic E-state index is 14.3. The SMILES string of the molecule is CCNC(=O)c1nnc(-c2cc(C(C)C)c(O)cc2O)n1-c1ccc(C(=O)N(C)CC[C@]23OB([C@H](CC(C)C)NC(=O)[C@H](Cc4ccccc4)NC(=O)c4cnccn4)O[C@H]2C[C@H]2C[C@@H]3C2)cc1. The van der Waals surface area contributed by atoms with Crippen molar-refractivity contribution in [3.63, 3.8) is 0 Å². The molecule has 2 aromatic heterocycles. The predicted octanol–water partition coefficient (Wildman–Crippen LogP) is 5.65. The van der Waals surface area contributed by atoms with Crippen LogP contribution in [-0.4, -0.2) is 114 Å². The van der Waals surface area contributed by atoms with Crippen molar-refractivity contribution in [1.29, 1.82) is 0 Å². The molecular formula is C50H60BN9O8. The molecule has 4 aliphatic rings. The average molecular weight is 926 g/mol. The highest BCUT2D eigenvalue weighted by Crippen LogP contribution is 2.58. The third kappa shape index (κ3) is 9.97. The van der Waals surface area contributed by atoms with Crippen LogP contribution in [0.4, 0.5) is 0 Å². The molecule has 3 heterocycles. The standard InChI is InChI=1S/C50H60BN9O8/c1-7-53-48(65)45-58-57-44(37-26-36(30(4)5)40(61)27-41(37)62)60(45)35-15-13-33(14-16-35)49(66)59(6)20-17-50-34-22-32(23-34)25-42(50)67-51(68-50)43(21-29(2)3)56-46(63)38(24-31-11-9-8-10-12-31)55-47(64)39-28-52-18-19-54-39/h8-16,18-19,26-30,32,34,38,42-43,61-62H,7,17,20-25H2,1-6H3,(H,53,65)(H,55,64)(H,56,63)/t32-,34+,38-,42-,43-,50+/m0/s1. The van der Waals surface area contributed by atoms with E-state index in [9.17, 15) is 29.4 Å². The number of phenolic OH excluding ortho intramolecular Hbond substituents is 2. The zero-order chi connectivity index (χ0) is 48.3. The molecule has 3 saturated carbocycles. The number of nitrogens with zero attached hydrogens (tertiary/aromatic N) is 6. The number of benzene rings is 3. The summed E-state index contributed by atoms with van der Waals surface area (Å²) in [6, 6.07) is 18.2. The highest BCUT2D eigenvalue weighted by Gasteiger charge is 2.64.